The van der Waals surface area contributed by atoms with Crippen molar-refractivity contribution in [1.82, 2.24) is 30.2 Å². The van der Waals surface area contributed by atoms with Gasteiger partial charge in [-0.25, -0.2) is 8.78 Å². The van der Waals surface area contributed by atoms with Crippen LogP contribution in [0.15, 0.2) is 41.5 Å². The third kappa shape index (κ3) is 9.04. The van der Waals surface area contributed by atoms with E-state index in [1.165, 1.54) is 18.5 Å². The number of rotatable bonds is 13. The minimum absolute atomic E-state index is 0.0392. The van der Waals surface area contributed by atoms with Crippen LogP contribution in [-0.2, 0) is 20.8 Å². The van der Waals surface area contributed by atoms with Crippen molar-refractivity contribution in [3.05, 3.63) is 64.3 Å². The zero-order valence-corrected chi connectivity index (χ0v) is 36.5. The third-order valence-electron chi connectivity index (χ3n) is 13.8. The number of aliphatic imine (C=N–C) groups is 1. The van der Waals surface area contributed by atoms with E-state index < -0.39 is 36.1 Å². The third-order valence-corrected chi connectivity index (χ3v) is 13.8. The maximum Gasteiger partial charge on any atom is 0.266 e. The molecule has 3 atom stereocenters. The number of halogens is 2. The number of amidine groups is 1. The van der Waals surface area contributed by atoms with Crippen molar-refractivity contribution >= 4 is 52.8 Å². The summed E-state index contributed by atoms with van der Waals surface area (Å²) in [6.45, 7) is 8.00. The van der Waals surface area contributed by atoms with Gasteiger partial charge in [-0.3, -0.25) is 54.4 Å². The van der Waals surface area contributed by atoms with E-state index in [9.17, 15) is 38.2 Å². The summed E-state index contributed by atoms with van der Waals surface area (Å²) in [4.78, 5) is 76.9. The summed E-state index contributed by atoms with van der Waals surface area (Å²) < 4.78 is 35.2. The van der Waals surface area contributed by atoms with Crippen molar-refractivity contribution in [3.63, 3.8) is 0 Å². The number of nitrogens with two attached hydrogens (primary N) is 1. The van der Waals surface area contributed by atoms with E-state index in [4.69, 9.17) is 10.5 Å². The highest BCUT2D eigenvalue weighted by atomic mass is 19.3. The second kappa shape index (κ2) is 19.3. The molecular weight excluding hydrogens is 827 g/mol. The predicted octanol–water partition coefficient (Wildman–Crippen LogP) is 3.20. The fourth-order valence-corrected chi connectivity index (χ4v) is 10.4. The molecule has 2 aromatic rings. The number of benzene rings is 2. The minimum Gasteiger partial charge on any atom is -0.493 e. The molecule has 16 nitrogen and oxygen atoms in total. The SMILES string of the molecule is CN=CC(=CN)c1cc2c(cc1C(F)F)N(C(=N)C1CN(C(C)=O)CCC1NC1CCN(C3CN(CCCOc4cccc5c4C(=O)N(C4CCC(=O)NC4=O)C5=O)C3)CC1)CCC2. The van der Waals surface area contributed by atoms with Gasteiger partial charge in [0.15, 0.2) is 0 Å². The highest BCUT2D eigenvalue weighted by molar-refractivity contribution is 6.24. The normalized spacial score (nSPS) is 24.0. The average molecular weight is 885 g/mol. The van der Waals surface area contributed by atoms with E-state index in [1.807, 2.05) is 4.90 Å². The number of aryl methyl sites for hydroxylation is 1. The molecule has 0 saturated carbocycles. The summed E-state index contributed by atoms with van der Waals surface area (Å²) in [6.07, 6.45) is 4.93. The first-order valence-corrected chi connectivity index (χ1v) is 22.5. The smallest absolute Gasteiger partial charge is 0.266 e. The van der Waals surface area contributed by atoms with Gasteiger partial charge in [-0.2, -0.15) is 0 Å². The Morgan fingerprint density at radius 2 is 1.81 bits per heavy atom. The van der Waals surface area contributed by atoms with Crippen LogP contribution >= 0.6 is 0 Å². The first kappa shape index (κ1) is 45.0. The number of nitrogens with one attached hydrogen (secondary N) is 3. The minimum atomic E-state index is -2.75. The number of alkyl halides is 2. The van der Waals surface area contributed by atoms with E-state index in [-0.39, 0.29) is 53.4 Å². The Morgan fingerprint density at radius 1 is 1.03 bits per heavy atom. The molecule has 18 heteroatoms. The molecule has 4 saturated heterocycles. The number of fused-ring (bicyclic) bond motifs is 2. The molecule has 4 fully saturated rings. The second-order valence-electron chi connectivity index (χ2n) is 17.7. The lowest BCUT2D eigenvalue weighted by molar-refractivity contribution is -0.136. The Morgan fingerprint density at radius 3 is 2.52 bits per heavy atom. The molecule has 342 valence electrons. The quantitative estimate of drug-likeness (QED) is 0.0999. The van der Waals surface area contributed by atoms with E-state index in [2.05, 4.69) is 25.4 Å². The van der Waals surface area contributed by atoms with Crippen molar-refractivity contribution in [2.24, 2.45) is 16.6 Å². The van der Waals surface area contributed by atoms with Crippen LogP contribution in [0.1, 0.15) is 95.7 Å². The Labute approximate surface area is 371 Å². The van der Waals surface area contributed by atoms with Crippen molar-refractivity contribution in [3.8, 4) is 5.75 Å². The van der Waals surface area contributed by atoms with Crippen molar-refractivity contribution in [2.45, 2.75) is 88.9 Å². The Bertz CT molecular complexity index is 2240. The zero-order valence-electron chi connectivity index (χ0n) is 36.5. The fourth-order valence-electron chi connectivity index (χ4n) is 10.4. The summed E-state index contributed by atoms with van der Waals surface area (Å²) in [7, 11) is 1.57. The van der Waals surface area contributed by atoms with Gasteiger partial charge >= 0.3 is 0 Å². The standard InChI is InChI=1S/C46H58F2N10O6/c1-27(59)56-18-13-36(35(26-56)43(50)57-15-4-6-28-20-33(29(22-49)23-51-2)34(42(47)48)21-38(28)57)52-30-11-16-55(17-12-30)31-24-54(25-31)14-5-19-64-39-8-3-7-32-41(39)46(63)58(45(32)62)37-9-10-40(60)53-44(37)61/h3,7-8,20-23,30-31,35-37,42,50,52H,4-6,9-19,24-26,49H2,1-2H3,(H,53,60,61). The van der Waals surface area contributed by atoms with Crippen LogP contribution in [0.4, 0.5) is 14.5 Å². The molecule has 5 amide bonds. The zero-order chi connectivity index (χ0) is 45.2. The van der Waals surface area contributed by atoms with Gasteiger partial charge in [0.05, 0.1) is 17.7 Å². The Kier molecular flexibility index (Phi) is 13.5. The molecule has 5 N–H and O–H groups in total. The van der Waals surface area contributed by atoms with Gasteiger partial charge in [0.2, 0.25) is 17.7 Å². The van der Waals surface area contributed by atoms with E-state index in [0.29, 0.717) is 73.5 Å². The van der Waals surface area contributed by atoms with Gasteiger partial charge in [0.25, 0.3) is 18.2 Å². The number of ether oxygens (including phenoxy) is 1. The summed E-state index contributed by atoms with van der Waals surface area (Å²) in [5.41, 5.74) is 8.28. The van der Waals surface area contributed by atoms with Gasteiger partial charge in [0, 0.05) is 126 Å². The van der Waals surface area contributed by atoms with Gasteiger partial charge in [0.1, 0.15) is 17.6 Å². The highest BCUT2D eigenvalue weighted by Gasteiger charge is 2.46. The topological polar surface area (TPSA) is 197 Å². The van der Waals surface area contributed by atoms with Gasteiger partial charge in [-0.05, 0) is 80.3 Å². The van der Waals surface area contributed by atoms with Crippen molar-refractivity contribution < 1.29 is 37.5 Å². The molecule has 6 aliphatic heterocycles. The largest absolute Gasteiger partial charge is 0.493 e. The Balaban J connectivity index is 0.820. The lowest BCUT2D eigenvalue weighted by Crippen LogP contribution is -2.63. The molecule has 8 rings (SSSR count). The van der Waals surface area contributed by atoms with E-state index in [0.717, 1.165) is 68.9 Å². The van der Waals surface area contributed by atoms with Crippen LogP contribution < -0.4 is 26.0 Å². The molecule has 3 unspecified atom stereocenters. The summed E-state index contributed by atoms with van der Waals surface area (Å²) in [6, 6.07) is 7.77. The van der Waals surface area contributed by atoms with Gasteiger partial charge in [-0.1, -0.05) is 6.07 Å². The monoisotopic (exact) mass is 884 g/mol. The molecule has 0 radical (unpaired) electrons. The van der Waals surface area contributed by atoms with Crippen LogP contribution in [0.3, 0.4) is 0 Å². The van der Waals surface area contributed by atoms with Crippen molar-refractivity contribution in [1.29, 1.82) is 5.41 Å². The number of hydrogen-bond acceptors (Lipinski definition) is 12. The second-order valence-corrected chi connectivity index (χ2v) is 17.7. The number of anilines is 1. The molecule has 6 heterocycles. The van der Waals surface area contributed by atoms with Gasteiger partial charge in [-0.15, -0.1) is 0 Å². The molecule has 0 aliphatic carbocycles. The molecule has 0 spiro atoms. The maximum absolute atomic E-state index is 14.6. The Hall–Kier alpha value is -5.59. The first-order valence-electron chi connectivity index (χ1n) is 22.5. The number of nitrogens with zero attached hydrogens (tertiary/aromatic N) is 6. The summed E-state index contributed by atoms with van der Waals surface area (Å²) >= 11 is 0. The van der Waals surface area contributed by atoms with Crippen LogP contribution in [0.2, 0.25) is 0 Å². The summed E-state index contributed by atoms with van der Waals surface area (Å²) in [5.74, 6) is -1.93. The van der Waals surface area contributed by atoms with E-state index in [1.54, 1.807) is 43.1 Å². The van der Waals surface area contributed by atoms with Crippen LogP contribution in [0, 0.1) is 11.3 Å². The molecule has 64 heavy (non-hydrogen) atoms. The van der Waals surface area contributed by atoms with Crippen LogP contribution in [-0.4, -0.2) is 151 Å². The van der Waals surface area contributed by atoms with Gasteiger partial charge < -0.3 is 25.6 Å². The number of amides is 5. The molecule has 0 bridgehead atoms. The highest BCUT2D eigenvalue weighted by Crippen LogP contribution is 2.39. The van der Waals surface area contributed by atoms with Crippen molar-refractivity contribution in [2.75, 3.05) is 70.9 Å². The molecule has 6 aliphatic rings. The van der Waals surface area contributed by atoms with Crippen LogP contribution in [0.5, 0.6) is 5.75 Å². The fraction of sp³-hybridized carbons (Fsp3) is 0.543. The van der Waals surface area contributed by atoms with E-state index >= 15 is 0 Å². The number of carbonyl (C=O) groups excluding carboxylic acids is 5. The first-order chi connectivity index (χ1) is 30.9. The number of imide groups is 2. The molecule has 0 aromatic heterocycles. The molecule has 2 aromatic carbocycles. The number of allylic oxidation sites excluding steroid dienone is 1. The lowest BCUT2D eigenvalue weighted by atomic mass is 9.86. The number of piperidine rings is 3. The summed E-state index contributed by atoms with van der Waals surface area (Å²) in [5, 5.41) is 15.7. The average Bonchev–Trinajstić information content (AvgIpc) is 3.53. The number of hydrogen-bond donors (Lipinski definition) is 4. The number of carbonyl (C=O) groups is 5. The number of likely N-dealkylation sites (tertiary alicyclic amines) is 3. The van der Waals surface area contributed by atoms with Crippen LogP contribution in [0.25, 0.3) is 5.57 Å². The predicted molar refractivity (Wildman–Crippen MR) is 237 cm³/mol. The lowest BCUT2D eigenvalue weighted by Gasteiger charge is -2.49. The maximum atomic E-state index is 14.6. The molecular formula is C46H58F2N10O6.